The largest absolute Gasteiger partial charge is 0.494 e. The molecule has 1 atom stereocenters. The standard InChI is InChI=1S/C9H10ClFO3/c1-13-7-4-5(9(12)14-2)3-6(10)8(7)11/h3-4,9,12H,1-2H3. The first-order chi connectivity index (χ1) is 6.60. The molecule has 0 fully saturated rings. The van der Waals surface area contributed by atoms with Crippen LogP contribution in [0.2, 0.25) is 5.02 Å². The van der Waals surface area contributed by atoms with Crippen molar-refractivity contribution in [1.82, 2.24) is 0 Å². The normalized spacial score (nSPS) is 12.6. The molecular weight excluding hydrogens is 211 g/mol. The molecule has 1 N–H and O–H groups in total. The summed E-state index contributed by atoms with van der Waals surface area (Å²) in [6.45, 7) is 0. The number of rotatable bonds is 3. The van der Waals surface area contributed by atoms with Crippen LogP contribution in [0.25, 0.3) is 0 Å². The van der Waals surface area contributed by atoms with Crippen molar-refractivity contribution >= 4 is 11.6 Å². The van der Waals surface area contributed by atoms with Crippen LogP contribution < -0.4 is 4.74 Å². The molecule has 78 valence electrons. The Kier molecular flexibility index (Phi) is 3.69. The Bertz CT molecular complexity index is 330. The number of halogens is 2. The lowest BCUT2D eigenvalue weighted by atomic mass is 10.2. The van der Waals surface area contributed by atoms with E-state index in [4.69, 9.17) is 16.3 Å². The Morgan fingerprint density at radius 2 is 2.07 bits per heavy atom. The average molecular weight is 221 g/mol. The Hall–Kier alpha value is -0.840. The van der Waals surface area contributed by atoms with Gasteiger partial charge in [-0.05, 0) is 12.1 Å². The van der Waals surface area contributed by atoms with Crippen molar-refractivity contribution in [2.75, 3.05) is 14.2 Å². The van der Waals surface area contributed by atoms with E-state index < -0.39 is 12.1 Å². The van der Waals surface area contributed by atoms with Gasteiger partial charge in [-0.25, -0.2) is 4.39 Å². The van der Waals surface area contributed by atoms with Gasteiger partial charge in [-0.1, -0.05) is 11.6 Å². The summed E-state index contributed by atoms with van der Waals surface area (Å²) in [6, 6.07) is 2.61. The molecule has 0 aliphatic carbocycles. The fourth-order valence-corrected chi connectivity index (χ4v) is 1.23. The van der Waals surface area contributed by atoms with Gasteiger partial charge in [-0.2, -0.15) is 0 Å². The van der Waals surface area contributed by atoms with Crippen molar-refractivity contribution in [3.8, 4) is 5.75 Å². The van der Waals surface area contributed by atoms with Crippen LogP contribution >= 0.6 is 11.6 Å². The molecule has 1 unspecified atom stereocenters. The maximum Gasteiger partial charge on any atom is 0.183 e. The number of hydrogen-bond donors (Lipinski definition) is 1. The SMILES string of the molecule is COc1cc(C(O)OC)cc(Cl)c1F. The third kappa shape index (κ3) is 2.15. The highest BCUT2D eigenvalue weighted by Crippen LogP contribution is 2.29. The maximum atomic E-state index is 13.2. The molecule has 0 saturated heterocycles. The Balaban J connectivity index is 3.16. The van der Waals surface area contributed by atoms with Gasteiger partial charge in [0, 0.05) is 12.7 Å². The van der Waals surface area contributed by atoms with Crippen molar-refractivity contribution < 1.29 is 19.0 Å². The van der Waals surface area contributed by atoms with E-state index in [1.807, 2.05) is 0 Å². The molecule has 0 bridgehead atoms. The summed E-state index contributed by atoms with van der Waals surface area (Å²) in [5, 5.41) is 9.19. The van der Waals surface area contributed by atoms with E-state index in [2.05, 4.69) is 4.74 Å². The van der Waals surface area contributed by atoms with E-state index >= 15 is 0 Å². The monoisotopic (exact) mass is 220 g/mol. The smallest absolute Gasteiger partial charge is 0.183 e. The van der Waals surface area contributed by atoms with Crippen LogP contribution in [0.1, 0.15) is 11.9 Å². The molecular formula is C9H10ClFO3. The quantitative estimate of drug-likeness (QED) is 0.794. The fourth-order valence-electron chi connectivity index (χ4n) is 1.01. The van der Waals surface area contributed by atoms with Crippen LogP contribution in [0.5, 0.6) is 5.75 Å². The van der Waals surface area contributed by atoms with Gasteiger partial charge in [-0.3, -0.25) is 0 Å². The molecule has 0 aromatic heterocycles. The molecule has 0 radical (unpaired) electrons. The molecule has 5 heteroatoms. The minimum Gasteiger partial charge on any atom is -0.494 e. The zero-order valence-electron chi connectivity index (χ0n) is 7.75. The van der Waals surface area contributed by atoms with Crippen LogP contribution in [-0.2, 0) is 4.74 Å². The highest BCUT2D eigenvalue weighted by atomic mass is 35.5. The number of hydrogen-bond acceptors (Lipinski definition) is 3. The van der Waals surface area contributed by atoms with Crippen molar-refractivity contribution in [3.63, 3.8) is 0 Å². The van der Waals surface area contributed by atoms with E-state index in [1.165, 1.54) is 26.4 Å². The van der Waals surface area contributed by atoms with Gasteiger partial charge >= 0.3 is 0 Å². The maximum absolute atomic E-state index is 13.2. The molecule has 0 saturated carbocycles. The van der Waals surface area contributed by atoms with Gasteiger partial charge in [0.05, 0.1) is 12.1 Å². The van der Waals surface area contributed by atoms with Crippen molar-refractivity contribution in [2.45, 2.75) is 6.29 Å². The molecule has 0 aliphatic heterocycles. The lowest BCUT2D eigenvalue weighted by Gasteiger charge is -2.11. The number of aliphatic hydroxyl groups is 1. The minimum atomic E-state index is -1.14. The number of ether oxygens (including phenoxy) is 2. The summed E-state index contributed by atoms with van der Waals surface area (Å²) >= 11 is 5.58. The first-order valence-electron chi connectivity index (χ1n) is 3.84. The van der Waals surface area contributed by atoms with E-state index in [1.54, 1.807) is 0 Å². The minimum absolute atomic E-state index is 0.0244. The van der Waals surface area contributed by atoms with Gasteiger partial charge in [0.1, 0.15) is 0 Å². The predicted octanol–water partition coefficient (Wildman–Crippen LogP) is 2.12. The van der Waals surface area contributed by atoms with Gasteiger partial charge in [-0.15, -0.1) is 0 Å². The highest BCUT2D eigenvalue weighted by Gasteiger charge is 2.14. The Morgan fingerprint density at radius 1 is 1.43 bits per heavy atom. The van der Waals surface area contributed by atoms with E-state index in [-0.39, 0.29) is 10.8 Å². The van der Waals surface area contributed by atoms with Crippen molar-refractivity contribution in [3.05, 3.63) is 28.5 Å². The van der Waals surface area contributed by atoms with E-state index in [0.717, 1.165) is 0 Å². The Labute approximate surface area is 86.0 Å². The topological polar surface area (TPSA) is 38.7 Å². The Morgan fingerprint density at radius 3 is 2.57 bits per heavy atom. The zero-order valence-corrected chi connectivity index (χ0v) is 8.51. The number of benzene rings is 1. The summed E-state index contributed by atoms with van der Waals surface area (Å²) in [6.07, 6.45) is -1.14. The molecule has 0 heterocycles. The van der Waals surface area contributed by atoms with Crippen LogP contribution in [-0.4, -0.2) is 19.3 Å². The molecule has 1 rings (SSSR count). The molecule has 0 amide bonds. The predicted molar refractivity (Wildman–Crippen MR) is 49.9 cm³/mol. The average Bonchev–Trinajstić information content (AvgIpc) is 2.20. The summed E-state index contributed by atoms with van der Waals surface area (Å²) in [4.78, 5) is 0. The molecule has 0 spiro atoms. The van der Waals surface area contributed by atoms with Crippen molar-refractivity contribution in [2.24, 2.45) is 0 Å². The second-order valence-corrected chi connectivity index (χ2v) is 3.01. The summed E-state index contributed by atoms with van der Waals surface area (Å²) in [7, 11) is 2.64. The molecule has 3 nitrogen and oxygen atoms in total. The molecule has 1 aromatic carbocycles. The highest BCUT2D eigenvalue weighted by molar-refractivity contribution is 6.31. The zero-order chi connectivity index (χ0) is 10.7. The van der Waals surface area contributed by atoms with Crippen LogP contribution in [0.4, 0.5) is 4.39 Å². The third-order valence-corrected chi connectivity index (χ3v) is 2.02. The molecule has 0 aliphatic rings. The van der Waals surface area contributed by atoms with Crippen molar-refractivity contribution in [1.29, 1.82) is 0 Å². The summed E-state index contributed by atoms with van der Waals surface area (Å²) < 4.78 is 22.6. The van der Waals surface area contributed by atoms with Crippen LogP contribution in [0.3, 0.4) is 0 Å². The molecule has 1 aromatic rings. The van der Waals surface area contributed by atoms with Gasteiger partial charge in [0.15, 0.2) is 17.9 Å². The van der Waals surface area contributed by atoms with Gasteiger partial charge in [0.2, 0.25) is 0 Å². The number of methoxy groups -OCH3 is 2. The summed E-state index contributed by atoms with van der Waals surface area (Å²) in [5.41, 5.74) is 0.343. The van der Waals surface area contributed by atoms with Crippen LogP contribution in [0.15, 0.2) is 12.1 Å². The van der Waals surface area contributed by atoms with Gasteiger partial charge < -0.3 is 14.6 Å². The lowest BCUT2D eigenvalue weighted by Crippen LogP contribution is -2.01. The van der Waals surface area contributed by atoms with E-state index in [9.17, 15) is 9.50 Å². The lowest BCUT2D eigenvalue weighted by molar-refractivity contribution is -0.0770. The second kappa shape index (κ2) is 4.59. The fraction of sp³-hybridized carbons (Fsp3) is 0.333. The second-order valence-electron chi connectivity index (χ2n) is 2.61. The van der Waals surface area contributed by atoms with Gasteiger partial charge in [0.25, 0.3) is 0 Å². The van der Waals surface area contributed by atoms with Crippen LogP contribution in [0, 0.1) is 5.82 Å². The first kappa shape index (κ1) is 11.2. The molecule has 14 heavy (non-hydrogen) atoms. The first-order valence-corrected chi connectivity index (χ1v) is 4.21. The van der Waals surface area contributed by atoms with E-state index in [0.29, 0.717) is 5.56 Å². The number of aliphatic hydroxyl groups excluding tert-OH is 1. The third-order valence-electron chi connectivity index (χ3n) is 1.75. The summed E-state index contributed by atoms with van der Waals surface area (Å²) in [5.74, 6) is -0.676.